The third kappa shape index (κ3) is 4.35. The second-order valence-corrected chi connectivity index (χ2v) is 6.28. The predicted molar refractivity (Wildman–Crippen MR) is 69.9 cm³/mol. The average molecular weight is 292 g/mol. The number of nitrogens with two attached hydrogens (primary N) is 1. The summed E-state index contributed by atoms with van der Waals surface area (Å²) in [7, 11) is -4.11. The van der Waals surface area contributed by atoms with E-state index in [9.17, 15) is 13.2 Å². The molecule has 5 N–H and O–H groups in total. The Bertz CT molecular complexity index is 454. The molecule has 0 atom stereocenters. The summed E-state index contributed by atoms with van der Waals surface area (Å²) in [5.74, 6) is -0.243. The molecule has 1 aliphatic rings. The Morgan fingerprint density at radius 1 is 1.37 bits per heavy atom. The average Bonchev–Trinajstić information content (AvgIpc) is 2.63. The molecular weight excluding hydrogens is 272 g/mol. The first kappa shape index (κ1) is 15.7. The molecule has 110 valence electrons. The van der Waals surface area contributed by atoms with Gasteiger partial charge in [0.1, 0.15) is 5.84 Å². The molecule has 1 rings (SSSR count). The number of hydrogen-bond acceptors (Lipinski definition) is 5. The Morgan fingerprint density at radius 3 is 2.32 bits per heavy atom. The molecule has 0 aromatic carbocycles. The van der Waals surface area contributed by atoms with Crippen molar-refractivity contribution >= 4 is 22.1 Å². The normalized spacial score (nSPS) is 18.3. The van der Waals surface area contributed by atoms with Gasteiger partial charge in [-0.05, 0) is 26.7 Å². The Balaban J connectivity index is 2.73. The van der Waals surface area contributed by atoms with E-state index in [-0.39, 0.29) is 5.84 Å². The zero-order valence-corrected chi connectivity index (χ0v) is 11.8. The summed E-state index contributed by atoms with van der Waals surface area (Å²) >= 11 is 0. The van der Waals surface area contributed by atoms with Crippen molar-refractivity contribution in [3.63, 3.8) is 0 Å². The molecule has 0 unspecified atom stereocenters. The lowest BCUT2D eigenvalue weighted by molar-refractivity contribution is 0.121. The van der Waals surface area contributed by atoms with Crippen molar-refractivity contribution < 1.29 is 17.9 Å². The van der Waals surface area contributed by atoms with Crippen LogP contribution in [0.1, 0.15) is 39.5 Å². The van der Waals surface area contributed by atoms with Gasteiger partial charge in [0.2, 0.25) is 0 Å². The molecule has 0 spiro atoms. The van der Waals surface area contributed by atoms with Crippen molar-refractivity contribution in [1.82, 2.24) is 9.44 Å². The van der Waals surface area contributed by atoms with E-state index in [0.29, 0.717) is 12.8 Å². The van der Waals surface area contributed by atoms with Gasteiger partial charge in [0.15, 0.2) is 0 Å². The third-order valence-corrected chi connectivity index (χ3v) is 3.96. The molecule has 1 saturated carbocycles. The summed E-state index contributed by atoms with van der Waals surface area (Å²) in [6.45, 7) is 3.21. The highest BCUT2D eigenvalue weighted by Gasteiger charge is 2.41. The first-order valence-corrected chi connectivity index (χ1v) is 7.52. The monoisotopic (exact) mass is 292 g/mol. The van der Waals surface area contributed by atoms with Crippen molar-refractivity contribution in [3.05, 3.63) is 0 Å². The van der Waals surface area contributed by atoms with E-state index in [2.05, 4.69) is 9.46 Å². The lowest BCUT2D eigenvalue weighted by atomic mass is 9.98. The van der Waals surface area contributed by atoms with Crippen molar-refractivity contribution in [2.75, 3.05) is 0 Å². The molecule has 0 radical (unpaired) electrons. The first-order chi connectivity index (χ1) is 8.67. The van der Waals surface area contributed by atoms with Crippen LogP contribution in [-0.4, -0.2) is 32.0 Å². The molecule has 0 aliphatic heterocycles. The SMILES string of the molecule is CC(C)OC(=O)NS(=O)(=O)NC1(C(=N)N)CCCC1. The van der Waals surface area contributed by atoms with Crippen LogP contribution in [0.15, 0.2) is 0 Å². The van der Waals surface area contributed by atoms with Crippen molar-refractivity contribution in [1.29, 1.82) is 5.41 Å². The van der Waals surface area contributed by atoms with Gasteiger partial charge in [-0.3, -0.25) is 5.41 Å². The molecule has 0 aromatic heterocycles. The topological polar surface area (TPSA) is 134 Å². The predicted octanol–water partition coefficient (Wildman–Crippen LogP) is 0.204. The van der Waals surface area contributed by atoms with Gasteiger partial charge in [0, 0.05) is 0 Å². The smallest absolute Gasteiger partial charge is 0.422 e. The van der Waals surface area contributed by atoms with E-state index in [4.69, 9.17) is 11.1 Å². The van der Waals surface area contributed by atoms with Crippen LogP contribution in [-0.2, 0) is 14.9 Å². The summed E-state index contributed by atoms with van der Waals surface area (Å²) in [6, 6.07) is 0. The number of amides is 1. The Kier molecular flexibility index (Phi) is 4.75. The van der Waals surface area contributed by atoms with Gasteiger partial charge in [0.05, 0.1) is 11.6 Å². The number of amidine groups is 1. The van der Waals surface area contributed by atoms with Gasteiger partial charge < -0.3 is 10.5 Å². The Hall–Kier alpha value is -1.35. The number of ether oxygens (including phenoxy) is 1. The van der Waals surface area contributed by atoms with Gasteiger partial charge in [-0.1, -0.05) is 12.8 Å². The fourth-order valence-corrected chi connectivity index (χ4v) is 3.18. The van der Waals surface area contributed by atoms with Crippen LogP contribution in [0.25, 0.3) is 0 Å². The van der Waals surface area contributed by atoms with Gasteiger partial charge in [-0.15, -0.1) is 0 Å². The number of carbonyl (C=O) groups is 1. The standard InChI is InChI=1S/C10H20N4O4S/c1-7(2)18-9(15)13-19(16,17)14-10(8(11)12)5-3-4-6-10/h7,14H,3-6H2,1-2H3,(H3,11,12)(H,13,15). The fraction of sp³-hybridized carbons (Fsp3) is 0.800. The highest BCUT2D eigenvalue weighted by molar-refractivity contribution is 7.88. The second kappa shape index (κ2) is 5.74. The lowest BCUT2D eigenvalue weighted by Gasteiger charge is -2.28. The van der Waals surface area contributed by atoms with Crippen LogP contribution in [0.5, 0.6) is 0 Å². The molecule has 8 nitrogen and oxygen atoms in total. The minimum absolute atomic E-state index is 0.243. The van der Waals surface area contributed by atoms with E-state index >= 15 is 0 Å². The van der Waals surface area contributed by atoms with Gasteiger partial charge in [0.25, 0.3) is 0 Å². The van der Waals surface area contributed by atoms with E-state index in [1.807, 2.05) is 0 Å². The van der Waals surface area contributed by atoms with Crippen molar-refractivity contribution in [2.24, 2.45) is 5.73 Å². The van der Waals surface area contributed by atoms with Gasteiger partial charge in [-0.2, -0.15) is 13.1 Å². The third-order valence-electron chi connectivity index (χ3n) is 2.86. The summed E-state index contributed by atoms with van der Waals surface area (Å²) in [5.41, 5.74) is 4.37. The van der Waals surface area contributed by atoms with Crippen molar-refractivity contribution in [2.45, 2.75) is 51.2 Å². The number of nitrogens with one attached hydrogen (secondary N) is 3. The zero-order chi connectivity index (χ0) is 14.7. The van der Waals surface area contributed by atoms with Crippen LogP contribution in [0, 0.1) is 5.41 Å². The van der Waals surface area contributed by atoms with E-state index < -0.39 is 27.9 Å². The molecule has 1 amide bonds. The molecule has 0 saturated heterocycles. The maximum absolute atomic E-state index is 11.8. The van der Waals surface area contributed by atoms with Crippen LogP contribution in [0.3, 0.4) is 0 Å². The molecule has 1 aliphatic carbocycles. The zero-order valence-electron chi connectivity index (χ0n) is 11.0. The van der Waals surface area contributed by atoms with Gasteiger partial charge in [-0.25, -0.2) is 9.52 Å². The highest BCUT2D eigenvalue weighted by atomic mass is 32.2. The lowest BCUT2D eigenvalue weighted by Crippen LogP contribution is -2.58. The summed E-state index contributed by atoms with van der Waals surface area (Å²) in [6.07, 6.45) is 0.963. The molecule has 1 fully saturated rings. The van der Waals surface area contributed by atoms with Crippen LogP contribution in [0.4, 0.5) is 4.79 Å². The Morgan fingerprint density at radius 2 is 1.89 bits per heavy atom. The minimum atomic E-state index is -4.11. The summed E-state index contributed by atoms with van der Waals surface area (Å²) in [5, 5.41) is 7.52. The van der Waals surface area contributed by atoms with Crippen LogP contribution >= 0.6 is 0 Å². The molecule has 0 heterocycles. The summed E-state index contributed by atoms with van der Waals surface area (Å²) < 4.78 is 32.3. The first-order valence-electron chi connectivity index (χ1n) is 6.04. The molecule has 0 aromatic rings. The molecule has 9 heteroatoms. The quantitative estimate of drug-likeness (QED) is 0.424. The number of carbonyl (C=O) groups excluding carboxylic acids is 1. The minimum Gasteiger partial charge on any atom is -0.446 e. The van der Waals surface area contributed by atoms with E-state index in [0.717, 1.165) is 12.8 Å². The van der Waals surface area contributed by atoms with Crippen molar-refractivity contribution in [3.8, 4) is 0 Å². The van der Waals surface area contributed by atoms with Crippen LogP contribution in [0.2, 0.25) is 0 Å². The number of rotatable bonds is 5. The second-order valence-electron chi connectivity index (χ2n) is 4.86. The highest BCUT2D eigenvalue weighted by Crippen LogP contribution is 2.29. The molecular formula is C10H20N4O4S. The maximum atomic E-state index is 11.8. The van der Waals surface area contributed by atoms with E-state index in [1.165, 1.54) is 0 Å². The summed E-state index contributed by atoms with van der Waals surface area (Å²) in [4.78, 5) is 11.3. The number of hydrogen-bond donors (Lipinski definition) is 4. The molecule has 19 heavy (non-hydrogen) atoms. The largest absolute Gasteiger partial charge is 0.446 e. The van der Waals surface area contributed by atoms with E-state index in [1.54, 1.807) is 18.6 Å². The van der Waals surface area contributed by atoms with Gasteiger partial charge >= 0.3 is 16.3 Å². The van der Waals surface area contributed by atoms with Crippen LogP contribution < -0.4 is 15.2 Å². The Labute approximate surface area is 112 Å². The molecule has 0 bridgehead atoms. The fourth-order valence-electron chi connectivity index (χ4n) is 2.04. The maximum Gasteiger partial charge on any atom is 0.422 e.